The largest absolute Gasteiger partial charge is 0.393 e. The minimum absolute atomic E-state index is 0.00802. The van der Waals surface area contributed by atoms with Crippen molar-refractivity contribution in [1.82, 2.24) is 9.80 Å². The second-order valence-electron chi connectivity index (χ2n) is 14.5. The number of piperazine rings is 1. The van der Waals surface area contributed by atoms with Gasteiger partial charge in [0.1, 0.15) is 0 Å². The monoisotopic (exact) mass is 516 g/mol. The van der Waals surface area contributed by atoms with Crippen LogP contribution in [0.3, 0.4) is 0 Å². The normalized spacial score (nSPS) is 45.1. The third-order valence-corrected chi connectivity index (χ3v) is 12.9. The van der Waals surface area contributed by atoms with Gasteiger partial charge in [0, 0.05) is 32.6 Å². The lowest BCUT2D eigenvalue weighted by molar-refractivity contribution is -0.175. The van der Waals surface area contributed by atoms with Gasteiger partial charge in [-0.05, 0) is 117 Å². The zero-order chi connectivity index (χ0) is 26.4. The molecule has 4 saturated carbocycles. The Bertz CT molecular complexity index is 797. The van der Waals surface area contributed by atoms with Gasteiger partial charge < -0.3 is 15.1 Å². The number of hydrogen-bond donors (Lipinski definition) is 2. The average molecular weight is 517 g/mol. The molecule has 0 aromatic rings. The number of aliphatic hydroxyl groups excluding tert-OH is 2. The lowest BCUT2D eigenvalue weighted by Crippen LogP contribution is -2.58. The topological polar surface area (TPSA) is 64.0 Å². The van der Waals surface area contributed by atoms with Gasteiger partial charge in [-0.1, -0.05) is 34.1 Å². The molecular formula is C32H56N2O3. The maximum Gasteiger partial charge on any atom is 0.222 e. The molecule has 5 heteroatoms. The van der Waals surface area contributed by atoms with Gasteiger partial charge in [0.2, 0.25) is 5.91 Å². The highest BCUT2D eigenvalue weighted by Crippen LogP contribution is 2.68. The Hall–Kier alpha value is -0.650. The van der Waals surface area contributed by atoms with Gasteiger partial charge in [-0.25, -0.2) is 0 Å². The maximum atomic E-state index is 13.1. The Morgan fingerprint density at radius 3 is 2.46 bits per heavy atom. The number of amides is 1. The smallest absolute Gasteiger partial charge is 0.222 e. The number of aliphatic hydroxyl groups is 2. The van der Waals surface area contributed by atoms with Crippen molar-refractivity contribution < 1.29 is 15.0 Å². The number of rotatable bonds is 7. The molecule has 212 valence electrons. The molecule has 37 heavy (non-hydrogen) atoms. The molecule has 5 rings (SSSR count). The van der Waals surface area contributed by atoms with E-state index < -0.39 is 0 Å². The van der Waals surface area contributed by atoms with Gasteiger partial charge in [-0.2, -0.15) is 0 Å². The van der Waals surface area contributed by atoms with E-state index in [1.165, 1.54) is 45.1 Å². The minimum atomic E-state index is -0.233. The zero-order valence-corrected chi connectivity index (χ0v) is 24.3. The van der Waals surface area contributed by atoms with Crippen LogP contribution in [0.1, 0.15) is 105 Å². The van der Waals surface area contributed by atoms with Crippen LogP contribution in [-0.2, 0) is 4.79 Å². The van der Waals surface area contributed by atoms with Crippen LogP contribution >= 0.6 is 0 Å². The highest BCUT2D eigenvalue weighted by atomic mass is 16.3. The van der Waals surface area contributed by atoms with Gasteiger partial charge in [0.05, 0.1) is 12.2 Å². The molecular weight excluding hydrogens is 460 g/mol. The van der Waals surface area contributed by atoms with Gasteiger partial charge in [0.25, 0.3) is 0 Å². The van der Waals surface area contributed by atoms with Gasteiger partial charge in [0.15, 0.2) is 0 Å². The summed E-state index contributed by atoms with van der Waals surface area (Å²) in [5.41, 5.74) is 0.285. The number of unbranched alkanes of at least 4 members (excludes halogenated alkanes) is 1. The van der Waals surface area contributed by atoms with E-state index >= 15 is 0 Å². The Kier molecular flexibility index (Phi) is 8.36. The van der Waals surface area contributed by atoms with Crippen LogP contribution in [0.2, 0.25) is 0 Å². The van der Waals surface area contributed by atoms with Crippen molar-refractivity contribution in [1.29, 1.82) is 0 Å². The minimum Gasteiger partial charge on any atom is -0.393 e. The van der Waals surface area contributed by atoms with Crippen LogP contribution in [0.4, 0.5) is 0 Å². The van der Waals surface area contributed by atoms with E-state index in [4.69, 9.17) is 0 Å². The van der Waals surface area contributed by atoms with Crippen LogP contribution in [0, 0.1) is 46.3 Å². The summed E-state index contributed by atoms with van der Waals surface area (Å²) >= 11 is 0. The van der Waals surface area contributed by atoms with E-state index in [0.29, 0.717) is 47.3 Å². The van der Waals surface area contributed by atoms with Gasteiger partial charge >= 0.3 is 0 Å². The first kappa shape index (κ1) is 27.9. The maximum absolute atomic E-state index is 13.1. The second kappa shape index (κ2) is 11.1. The molecule has 5 unspecified atom stereocenters. The summed E-state index contributed by atoms with van der Waals surface area (Å²) in [4.78, 5) is 17.7. The summed E-state index contributed by atoms with van der Waals surface area (Å²) < 4.78 is 0. The Balaban J connectivity index is 1.18. The first-order valence-corrected chi connectivity index (χ1v) is 16.0. The number of nitrogens with zero attached hydrogens (tertiary/aromatic N) is 2. The third kappa shape index (κ3) is 5.04. The molecule has 5 nitrogen and oxygen atoms in total. The standard InChI is InChI=1S/C32H56N2O3/c1-5-6-15-33-16-18-34(19-17-33)30(37)12-7-22(2)26-10-11-27-25-9-8-23-20-24(35)13-14-31(23,3)28(25)21-29(36)32(26,27)4/h22-29,35-36H,5-21H2,1-4H3/t22?,23?,24-,25?,26-,27?,28?,29+,31+,32-/m1/s1. The highest BCUT2D eigenvalue weighted by Gasteiger charge is 2.63. The summed E-state index contributed by atoms with van der Waals surface area (Å²) in [5, 5.41) is 22.1. The van der Waals surface area contributed by atoms with Crippen molar-refractivity contribution >= 4 is 5.91 Å². The second-order valence-corrected chi connectivity index (χ2v) is 14.5. The van der Waals surface area contributed by atoms with E-state index in [9.17, 15) is 15.0 Å². The fourth-order valence-electron chi connectivity index (χ4n) is 10.5. The molecule has 0 spiro atoms. The van der Waals surface area contributed by atoms with E-state index in [1.807, 2.05) is 0 Å². The summed E-state index contributed by atoms with van der Waals surface area (Å²) in [6.45, 7) is 14.5. The molecule has 1 heterocycles. The molecule has 0 aromatic heterocycles. The molecule has 0 radical (unpaired) electrons. The van der Waals surface area contributed by atoms with Crippen molar-refractivity contribution in [3.05, 3.63) is 0 Å². The van der Waals surface area contributed by atoms with Gasteiger partial charge in [-0.15, -0.1) is 0 Å². The molecule has 1 saturated heterocycles. The summed E-state index contributed by atoms with van der Waals surface area (Å²) in [5.74, 6) is 3.93. The lowest BCUT2D eigenvalue weighted by Gasteiger charge is -2.62. The van der Waals surface area contributed by atoms with Crippen LogP contribution in [-0.4, -0.2) is 70.9 Å². The zero-order valence-electron chi connectivity index (χ0n) is 24.3. The predicted molar refractivity (Wildman–Crippen MR) is 149 cm³/mol. The van der Waals surface area contributed by atoms with Crippen molar-refractivity contribution in [3.8, 4) is 0 Å². The van der Waals surface area contributed by atoms with E-state index in [0.717, 1.165) is 64.2 Å². The van der Waals surface area contributed by atoms with Crippen LogP contribution in [0.25, 0.3) is 0 Å². The fraction of sp³-hybridized carbons (Fsp3) is 0.969. The Morgan fingerprint density at radius 1 is 0.973 bits per heavy atom. The third-order valence-electron chi connectivity index (χ3n) is 12.9. The summed E-state index contributed by atoms with van der Waals surface area (Å²) in [7, 11) is 0. The van der Waals surface area contributed by atoms with Crippen LogP contribution < -0.4 is 0 Å². The van der Waals surface area contributed by atoms with E-state index in [1.54, 1.807) is 0 Å². The first-order valence-electron chi connectivity index (χ1n) is 16.0. The van der Waals surface area contributed by atoms with Crippen LogP contribution in [0.5, 0.6) is 0 Å². The summed E-state index contributed by atoms with van der Waals surface area (Å²) in [6.07, 6.45) is 12.8. The molecule has 0 bridgehead atoms. The number of fused-ring (bicyclic) bond motifs is 5. The number of hydrogen-bond acceptors (Lipinski definition) is 4. The summed E-state index contributed by atoms with van der Waals surface area (Å²) in [6, 6.07) is 0. The SMILES string of the molecule is CCCCN1CCN(C(=O)CCC(C)[C@H]2CCC3C4CCC5C[C@H](O)CC[C@]5(C)C4C[C@H](O)[C@@]32C)CC1. The van der Waals surface area contributed by atoms with Gasteiger partial charge in [-0.3, -0.25) is 9.69 Å². The molecule has 1 aliphatic heterocycles. The Morgan fingerprint density at radius 2 is 1.73 bits per heavy atom. The molecule has 1 amide bonds. The molecule has 4 aliphatic carbocycles. The van der Waals surface area contributed by atoms with Crippen molar-refractivity contribution in [2.75, 3.05) is 32.7 Å². The first-order chi connectivity index (χ1) is 17.7. The van der Waals surface area contributed by atoms with Crippen molar-refractivity contribution in [2.24, 2.45) is 46.3 Å². The molecule has 2 N–H and O–H groups in total. The molecule has 0 aromatic carbocycles. The molecule has 5 aliphatic rings. The van der Waals surface area contributed by atoms with Crippen molar-refractivity contribution in [2.45, 2.75) is 117 Å². The van der Waals surface area contributed by atoms with E-state index in [-0.39, 0.29) is 17.6 Å². The van der Waals surface area contributed by atoms with E-state index in [2.05, 4.69) is 37.5 Å². The molecule has 5 fully saturated rings. The predicted octanol–water partition coefficient (Wildman–Crippen LogP) is 5.34. The quantitative estimate of drug-likeness (QED) is 0.480. The number of carbonyl (C=O) groups is 1. The van der Waals surface area contributed by atoms with Crippen molar-refractivity contribution in [3.63, 3.8) is 0 Å². The molecule has 10 atom stereocenters. The lowest BCUT2D eigenvalue weighted by atomic mass is 9.43. The fourth-order valence-corrected chi connectivity index (χ4v) is 10.5. The highest BCUT2D eigenvalue weighted by molar-refractivity contribution is 5.76. The Labute approximate surface area is 226 Å². The number of carbonyl (C=O) groups excluding carboxylic acids is 1. The average Bonchev–Trinajstić information content (AvgIpc) is 3.26. The van der Waals surface area contributed by atoms with Crippen LogP contribution in [0.15, 0.2) is 0 Å².